The number of aliphatic carboxylic acids is 1. The SMILES string of the molecule is CCC(CC)(NCC1Cc2cc(Br)ccc2O1)C(=O)O. The summed E-state index contributed by atoms with van der Waals surface area (Å²) in [4.78, 5) is 11.4. The zero-order valence-electron chi connectivity index (χ0n) is 11.8. The third kappa shape index (κ3) is 2.99. The number of carboxylic acid groups (broad SMARTS) is 1. The minimum absolute atomic E-state index is 0.00359. The van der Waals surface area contributed by atoms with Crippen molar-refractivity contribution in [1.82, 2.24) is 5.32 Å². The first kappa shape index (κ1) is 15.3. The summed E-state index contributed by atoms with van der Waals surface area (Å²) in [6.45, 7) is 4.33. The minimum Gasteiger partial charge on any atom is -0.488 e. The van der Waals surface area contributed by atoms with E-state index in [0.29, 0.717) is 19.4 Å². The second-order valence-electron chi connectivity index (χ2n) is 5.17. The molecule has 4 nitrogen and oxygen atoms in total. The second kappa shape index (κ2) is 6.14. The van der Waals surface area contributed by atoms with E-state index in [1.807, 2.05) is 26.0 Å². The summed E-state index contributed by atoms with van der Waals surface area (Å²) in [7, 11) is 0. The summed E-state index contributed by atoms with van der Waals surface area (Å²) in [5.41, 5.74) is 0.318. The molecule has 0 bridgehead atoms. The molecule has 1 aromatic rings. The van der Waals surface area contributed by atoms with E-state index in [2.05, 4.69) is 27.3 Å². The predicted molar refractivity (Wildman–Crippen MR) is 81.2 cm³/mol. The number of carboxylic acids is 1. The van der Waals surface area contributed by atoms with Crippen LogP contribution in [-0.2, 0) is 11.2 Å². The van der Waals surface area contributed by atoms with Gasteiger partial charge in [-0.25, -0.2) is 0 Å². The molecular formula is C15H20BrNO3. The van der Waals surface area contributed by atoms with E-state index in [9.17, 15) is 9.90 Å². The molecule has 0 amide bonds. The number of fused-ring (bicyclic) bond motifs is 1. The summed E-state index contributed by atoms with van der Waals surface area (Å²) >= 11 is 3.45. The van der Waals surface area contributed by atoms with Crippen LogP contribution < -0.4 is 10.1 Å². The van der Waals surface area contributed by atoms with Crippen LogP contribution in [0.2, 0.25) is 0 Å². The van der Waals surface area contributed by atoms with Crippen LogP contribution in [0.15, 0.2) is 22.7 Å². The van der Waals surface area contributed by atoms with Crippen molar-refractivity contribution >= 4 is 21.9 Å². The summed E-state index contributed by atoms with van der Waals surface area (Å²) in [5, 5.41) is 12.6. The zero-order chi connectivity index (χ0) is 14.8. The van der Waals surface area contributed by atoms with Crippen LogP contribution in [-0.4, -0.2) is 29.3 Å². The summed E-state index contributed by atoms with van der Waals surface area (Å²) in [6, 6.07) is 5.96. The number of halogens is 1. The Morgan fingerprint density at radius 1 is 1.50 bits per heavy atom. The average molecular weight is 342 g/mol. The van der Waals surface area contributed by atoms with Gasteiger partial charge in [0, 0.05) is 17.4 Å². The lowest BCUT2D eigenvalue weighted by Crippen LogP contribution is -2.53. The molecule has 0 radical (unpaired) electrons. The number of rotatable bonds is 6. The van der Waals surface area contributed by atoms with Crippen molar-refractivity contribution in [2.24, 2.45) is 0 Å². The molecule has 1 aliphatic rings. The highest BCUT2D eigenvalue weighted by molar-refractivity contribution is 9.10. The monoisotopic (exact) mass is 341 g/mol. The van der Waals surface area contributed by atoms with E-state index in [1.54, 1.807) is 0 Å². The van der Waals surface area contributed by atoms with E-state index in [1.165, 1.54) is 5.56 Å². The average Bonchev–Trinajstić information content (AvgIpc) is 2.82. The maximum atomic E-state index is 11.4. The molecule has 110 valence electrons. The van der Waals surface area contributed by atoms with Crippen molar-refractivity contribution < 1.29 is 14.6 Å². The summed E-state index contributed by atoms with van der Waals surface area (Å²) in [5.74, 6) is 0.106. The molecule has 1 heterocycles. The molecule has 1 aliphatic heterocycles. The normalized spacial score (nSPS) is 17.6. The van der Waals surface area contributed by atoms with Gasteiger partial charge >= 0.3 is 5.97 Å². The smallest absolute Gasteiger partial charge is 0.323 e. The van der Waals surface area contributed by atoms with E-state index in [4.69, 9.17) is 4.74 Å². The lowest BCUT2D eigenvalue weighted by Gasteiger charge is -2.29. The van der Waals surface area contributed by atoms with Crippen LogP contribution in [0.1, 0.15) is 32.3 Å². The van der Waals surface area contributed by atoms with Gasteiger partial charge < -0.3 is 9.84 Å². The highest BCUT2D eigenvalue weighted by Crippen LogP contribution is 2.31. The number of hydrogen-bond acceptors (Lipinski definition) is 3. The van der Waals surface area contributed by atoms with Crippen LogP contribution in [0, 0.1) is 0 Å². The lowest BCUT2D eigenvalue weighted by molar-refractivity contribution is -0.145. The van der Waals surface area contributed by atoms with Crippen molar-refractivity contribution in [2.75, 3.05) is 6.54 Å². The molecule has 1 unspecified atom stereocenters. The fourth-order valence-electron chi connectivity index (χ4n) is 2.59. The first-order valence-electron chi connectivity index (χ1n) is 6.94. The molecule has 0 fully saturated rings. The number of ether oxygens (including phenoxy) is 1. The van der Waals surface area contributed by atoms with Crippen LogP contribution in [0.5, 0.6) is 5.75 Å². The Morgan fingerprint density at radius 2 is 2.20 bits per heavy atom. The molecule has 5 heteroatoms. The number of hydrogen-bond donors (Lipinski definition) is 2. The topological polar surface area (TPSA) is 58.6 Å². The molecule has 2 rings (SSSR count). The molecule has 1 atom stereocenters. The summed E-state index contributed by atoms with van der Waals surface area (Å²) < 4.78 is 6.89. The molecule has 0 saturated heterocycles. The van der Waals surface area contributed by atoms with Crippen LogP contribution >= 0.6 is 15.9 Å². The highest BCUT2D eigenvalue weighted by atomic mass is 79.9. The first-order chi connectivity index (χ1) is 9.50. The third-order valence-corrected chi connectivity index (χ3v) is 4.54. The minimum atomic E-state index is -0.848. The van der Waals surface area contributed by atoms with E-state index >= 15 is 0 Å². The highest BCUT2D eigenvalue weighted by Gasteiger charge is 2.35. The maximum absolute atomic E-state index is 11.4. The lowest BCUT2D eigenvalue weighted by atomic mass is 9.92. The van der Waals surface area contributed by atoms with Gasteiger partial charge in [-0.2, -0.15) is 0 Å². The Balaban J connectivity index is 1.98. The van der Waals surface area contributed by atoms with Crippen LogP contribution in [0.3, 0.4) is 0 Å². The van der Waals surface area contributed by atoms with Crippen molar-refractivity contribution in [1.29, 1.82) is 0 Å². The zero-order valence-corrected chi connectivity index (χ0v) is 13.4. The van der Waals surface area contributed by atoms with Gasteiger partial charge in [-0.3, -0.25) is 10.1 Å². The standard InChI is InChI=1S/C15H20BrNO3/c1-3-15(4-2,14(18)19)17-9-12-8-10-7-11(16)5-6-13(10)20-12/h5-7,12,17H,3-4,8-9H2,1-2H3,(H,18,19). The quantitative estimate of drug-likeness (QED) is 0.835. The fourth-order valence-corrected chi connectivity index (χ4v) is 3.00. The number of carbonyl (C=O) groups is 1. The van der Waals surface area contributed by atoms with Gasteiger partial charge in [0.05, 0.1) is 0 Å². The largest absolute Gasteiger partial charge is 0.488 e. The second-order valence-corrected chi connectivity index (χ2v) is 6.09. The molecule has 0 spiro atoms. The number of nitrogens with one attached hydrogen (secondary N) is 1. The maximum Gasteiger partial charge on any atom is 0.323 e. The van der Waals surface area contributed by atoms with Gasteiger partial charge in [-0.1, -0.05) is 29.8 Å². The van der Waals surface area contributed by atoms with Crippen molar-refractivity contribution in [2.45, 2.75) is 44.8 Å². The summed E-state index contributed by atoms with van der Waals surface area (Å²) in [6.07, 6.45) is 1.93. The van der Waals surface area contributed by atoms with E-state index < -0.39 is 11.5 Å². The van der Waals surface area contributed by atoms with Gasteiger partial charge in [-0.15, -0.1) is 0 Å². The molecule has 0 aliphatic carbocycles. The Bertz CT molecular complexity index is 500. The molecule has 20 heavy (non-hydrogen) atoms. The van der Waals surface area contributed by atoms with Crippen LogP contribution in [0.25, 0.3) is 0 Å². The van der Waals surface area contributed by atoms with Crippen molar-refractivity contribution in [3.05, 3.63) is 28.2 Å². The third-order valence-electron chi connectivity index (χ3n) is 4.05. The molecule has 2 N–H and O–H groups in total. The number of benzene rings is 1. The van der Waals surface area contributed by atoms with E-state index in [-0.39, 0.29) is 6.10 Å². The van der Waals surface area contributed by atoms with E-state index in [0.717, 1.165) is 16.6 Å². The molecule has 1 aromatic carbocycles. The van der Waals surface area contributed by atoms with Crippen molar-refractivity contribution in [3.8, 4) is 5.75 Å². The Kier molecular flexibility index (Phi) is 4.70. The van der Waals surface area contributed by atoms with Gasteiger partial charge in [-0.05, 0) is 36.6 Å². The Morgan fingerprint density at radius 3 is 2.80 bits per heavy atom. The van der Waals surface area contributed by atoms with Gasteiger partial charge in [0.2, 0.25) is 0 Å². The molecular weight excluding hydrogens is 322 g/mol. The fraction of sp³-hybridized carbons (Fsp3) is 0.533. The van der Waals surface area contributed by atoms with Crippen LogP contribution in [0.4, 0.5) is 0 Å². The van der Waals surface area contributed by atoms with Crippen molar-refractivity contribution in [3.63, 3.8) is 0 Å². The predicted octanol–water partition coefficient (Wildman–Crippen LogP) is 2.99. The molecule has 0 saturated carbocycles. The Hall–Kier alpha value is -1.07. The first-order valence-corrected chi connectivity index (χ1v) is 7.73. The Labute approximate surface area is 127 Å². The van der Waals surface area contributed by atoms with Gasteiger partial charge in [0.25, 0.3) is 0 Å². The molecule has 0 aromatic heterocycles. The van der Waals surface area contributed by atoms with Gasteiger partial charge in [0.15, 0.2) is 0 Å². The van der Waals surface area contributed by atoms with Gasteiger partial charge in [0.1, 0.15) is 17.4 Å².